The predicted molar refractivity (Wildman–Crippen MR) is 122 cm³/mol. The maximum atomic E-state index is 12.8. The lowest BCUT2D eigenvalue weighted by molar-refractivity contribution is -0.135. The van der Waals surface area contributed by atoms with Gasteiger partial charge in [-0.05, 0) is 50.9 Å². The summed E-state index contributed by atoms with van der Waals surface area (Å²) < 4.78 is 11.3. The van der Waals surface area contributed by atoms with Crippen LogP contribution >= 0.6 is 0 Å². The van der Waals surface area contributed by atoms with E-state index >= 15 is 0 Å². The van der Waals surface area contributed by atoms with Crippen molar-refractivity contribution in [3.8, 4) is 0 Å². The molecule has 0 bridgehead atoms. The third kappa shape index (κ3) is 5.86. The van der Waals surface area contributed by atoms with E-state index in [0.29, 0.717) is 45.3 Å². The Morgan fingerprint density at radius 1 is 0.906 bits per heavy atom. The summed E-state index contributed by atoms with van der Waals surface area (Å²) in [6.07, 6.45) is 1.98. The molecule has 8 heteroatoms. The van der Waals surface area contributed by atoms with Gasteiger partial charge < -0.3 is 19.7 Å². The molecule has 0 radical (unpaired) electrons. The van der Waals surface area contributed by atoms with Gasteiger partial charge in [-0.25, -0.2) is 0 Å². The lowest BCUT2D eigenvalue weighted by Crippen LogP contribution is -2.53. The van der Waals surface area contributed by atoms with Crippen LogP contribution in [0.1, 0.15) is 24.0 Å². The second-order valence-corrected chi connectivity index (χ2v) is 9.20. The van der Waals surface area contributed by atoms with Crippen LogP contribution in [0.25, 0.3) is 0 Å². The van der Waals surface area contributed by atoms with E-state index < -0.39 is 0 Å². The molecule has 0 aromatic heterocycles. The topological polar surface area (TPSA) is 74.4 Å². The van der Waals surface area contributed by atoms with Crippen molar-refractivity contribution >= 4 is 17.5 Å². The molecule has 3 aliphatic heterocycles. The molecule has 1 aromatic rings. The Morgan fingerprint density at radius 3 is 2.12 bits per heavy atom. The van der Waals surface area contributed by atoms with E-state index in [-0.39, 0.29) is 18.1 Å². The van der Waals surface area contributed by atoms with Gasteiger partial charge in [0.25, 0.3) is 0 Å². The molecule has 32 heavy (non-hydrogen) atoms. The second-order valence-electron chi connectivity index (χ2n) is 9.20. The number of nitrogens with one attached hydrogen (secondary N) is 1. The molecule has 3 fully saturated rings. The molecule has 0 aliphatic carbocycles. The van der Waals surface area contributed by atoms with Gasteiger partial charge in [-0.3, -0.25) is 19.4 Å². The number of ether oxygens (including phenoxy) is 2. The fourth-order valence-electron chi connectivity index (χ4n) is 4.87. The zero-order valence-electron chi connectivity index (χ0n) is 19.3. The zero-order valence-corrected chi connectivity index (χ0v) is 19.3. The molecule has 4 rings (SSSR count). The van der Waals surface area contributed by atoms with Gasteiger partial charge in [-0.15, -0.1) is 0 Å². The lowest BCUT2D eigenvalue weighted by Gasteiger charge is -2.37. The SMILES string of the molecule is Cc1cccc(C)c1NC(=O)CN1CCN(C(=O)CN2CCC(C3OCCO3)CC2)CC1. The van der Waals surface area contributed by atoms with Crippen LogP contribution < -0.4 is 5.32 Å². The minimum Gasteiger partial charge on any atom is -0.350 e. The van der Waals surface area contributed by atoms with Crippen LogP contribution in [-0.4, -0.2) is 98.4 Å². The first-order chi connectivity index (χ1) is 15.5. The van der Waals surface area contributed by atoms with Crippen LogP contribution in [0.4, 0.5) is 5.69 Å². The van der Waals surface area contributed by atoms with Crippen molar-refractivity contribution in [1.29, 1.82) is 0 Å². The van der Waals surface area contributed by atoms with Crippen LogP contribution in [0.2, 0.25) is 0 Å². The number of para-hydroxylation sites is 1. The van der Waals surface area contributed by atoms with Crippen molar-refractivity contribution in [2.75, 3.05) is 70.9 Å². The van der Waals surface area contributed by atoms with Crippen LogP contribution in [0.3, 0.4) is 0 Å². The van der Waals surface area contributed by atoms with Crippen molar-refractivity contribution in [3.05, 3.63) is 29.3 Å². The van der Waals surface area contributed by atoms with Crippen LogP contribution in [0, 0.1) is 19.8 Å². The van der Waals surface area contributed by atoms with Crippen molar-refractivity contribution in [2.24, 2.45) is 5.92 Å². The highest BCUT2D eigenvalue weighted by Gasteiger charge is 2.31. The van der Waals surface area contributed by atoms with Gasteiger partial charge in [0, 0.05) is 37.8 Å². The Morgan fingerprint density at radius 2 is 1.50 bits per heavy atom. The number of rotatable bonds is 6. The number of aryl methyl sites for hydroxylation is 2. The Labute approximate surface area is 190 Å². The van der Waals surface area contributed by atoms with E-state index in [9.17, 15) is 9.59 Å². The number of likely N-dealkylation sites (tertiary alicyclic amines) is 1. The van der Waals surface area contributed by atoms with Crippen molar-refractivity contribution < 1.29 is 19.1 Å². The van der Waals surface area contributed by atoms with Crippen LogP contribution in [-0.2, 0) is 19.1 Å². The molecule has 0 unspecified atom stereocenters. The van der Waals surface area contributed by atoms with Crippen molar-refractivity contribution in [2.45, 2.75) is 33.0 Å². The maximum Gasteiger partial charge on any atom is 0.238 e. The first-order valence-electron chi connectivity index (χ1n) is 11.8. The number of benzene rings is 1. The number of amides is 2. The second kappa shape index (κ2) is 10.7. The van der Waals surface area contributed by atoms with Gasteiger partial charge in [0.2, 0.25) is 11.8 Å². The van der Waals surface area contributed by atoms with E-state index in [0.717, 1.165) is 55.8 Å². The molecule has 2 amide bonds. The Hall–Kier alpha value is -2.00. The molecule has 3 saturated heterocycles. The molecular weight excluding hydrogens is 408 g/mol. The minimum atomic E-state index is -0.0483. The van der Waals surface area contributed by atoms with Gasteiger partial charge in [-0.2, -0.15) is 0 Å². The van der Waals surface area contributed by atoms with E-state index in [4.69, 9.17) is 9.47 Å². The summed E-state index contributed by atoms with van der Waals surface area (Å²) in [6.45, 7) is 10.9. The van der Waals surface area contributed by atoms with Gasteiger partial charge in [0.05, 0.1) is 26.3 Å². The Bertz CT molecular complexity index is 775. The first-order valence-corrected chi connectivity index (χ1v) is 11.8. The molecule has 3 aliphatic rings. The zero-order chi connectivity index (χ0) is 22.5. The normalized spacial score (nSPS) is 21.8. The molecule has 3 heterocycles. The number of piperazine rings is 1. The molecule has 1 N–H and O–H groups in total. The summed E-state index contributed by atoms with van der Waals surface area (Å²) in [7, 11) is 0. The summed E-state index contributed by atoms with van der Waals surface area (Å²) in [5, 5.41) is 3.05. The monoisotopic (exact) mass is 444 g/mol. The number of nitrogens with zero attached hydrogens (tertiary/aromatic N) is 3. The standard InChI is InChI=1S/C24H36N4O4/c1-18-4-3-5-19(2)23(18)25-21(29)16-27-10-12-28(13-11-27)22(30)17-26-8-6-20(7-9-26)24-31-14-15-32-24/h3-5,20,24H,6-17H2,1-2H3,(H,25,29). The molecule has 0 spiro atoms. The summed E-state index contributed by atoms with van der Waals surface area (Å²) in [4.78, 5) is 31.6. The number of piperidine rings is 1. The lowest BCUT2D eigenvalue weighted by atomic mass is 9.96. The Kier molecular flexibility index (Phi) is 7.78. The predicted octanol–water partition coefficient (Wildman–Crippen LogP) is 1.47. The van der Waals surface area contributed by atoms with Gasteiger partial charge in [0.1, 0.15) is 0 Å². The number of carbonyl (C=O) groups excluding carboxylic acids is 2. The molecular formula is C24H36N4O4. The average Bonchev–Trinajstić information content (AvgIpc) is 3.32. The summed E-state index contributed by atoms with van der Waals surface area (Å²) in [5.74, 6) is 0.638. The summed E-state index contributed by atoms with van der Waals surface area (Å²) >= 11 is 0. The largest absolute Gasteiger partial charge is 0.350 e. The van der Waals surface area contributed by atoms with Crippen LogP contribution in [0.5, 0.6) is 0 Å². The minimum absolute atomic E-state index is 0.000249. The highest BCUT2D eigenvalue weighted by molar-refractivity contribution is 5.93. The third-order valence-electron chi connectivity index (χ3n) is 6.86. The maximum absolute atomic E-state index is 12.8. The fraction of sp³-hybridized carbons (Fsp3) is 0.667. The van der Waals surface area contributed by atoms with Gasteiger partial charge in [0.15, 0.2) is 6.29 Å². The number of anilines is 1. The first kappa shape index (κ1) is 23.2. The highest BCUT2D eigenvalue weighted by Crippen LogP contribution is 2.25. The van der Waals surface area contributed by atoms with E-state index in [1.54, 1.807) is 0 Å². The van der Waals surface area contributed by atoms with E-state index in [1.165, 1.54) is 0 Å². The number of hydrogen-bond donors (Lipinski definition) is 1. The molecule has 176 valence electrons. The van der Waals surface area contributed by atoms with Crippen molar-refractivity contribution in [3.63, 3.8) is 0 Å². The average molecular weight is 445 g/mol. The number of carbonyl (C=O) groups is 2. The number of hydrogen-bond acceptors (Lipinski definition) is 6. The van der Waals surface area contributed by atoms with Gasteiger partial charge in [-0.1, -0.05) is 18.2 Å². The quantitative estimate of drug-likeness (QED) is 0.716. The molecule has 1 aromatic carbocycles. The molecule has 0 saturated carbocycles. The third-order valence-corrected chi connectivity index (χ3v) is 6.86. The highest BCUT2D eigenvalue weighted by atomic mass is 16.7. The smallest absolute Gasteiger partial charge is 0.238 e. The van der Waals surface area contributed by atoms with Gasteiger partial charge >= 0.3 is 0 Å². The van der Waals surface area contributed by atoms with Crippen LogP contribution in [0.15, 0.2) is 18.2 Å². The molecule has 8 nitrogen and oxygen atoms in total. The molecule has 0 atom stereocenters. The van der Waals surface area contributed by atoms with Crippen molar-refractivity contribution in [1.82, 2.24) is 14.7 Å². The van der Waals surface area contributed by atoms with E-state index in [1.807, 2.05) is 36.9 Å². The summed E-state index contributed by atoms with van der Waals surface area (Å²) in [6, 6.07) is 6.01. The summed E-state index contributed by atoms with van der Waals surface area (Å²) in [5.41, 5.74) is 3.04. The fourth-order valence-corrected chi connectivity index (χ4v) is 4.87. The Balaban J connectivity index is 1.16. The van der Waals surface area contributed by atoms with E-state index in [2.05, 4.69) is 15.1 Å².